The number of pyridine rings is 1. The van der Waals surface area contributed by atoms with Gasteiger partial charge in [0.1, 0.15) is 0 Å². The zero-order valence-corrected chi connectivity index (χ0v) is 17.9. The highest BCUT2D eigenvalue weighted by molar-refractivity contribution is 6.30. The highest BCUT2D eigenvalue weighted by atomic mass is 35.5. The molecule has 3 aromatic rings. The van der Waals surface area contributed by atoms with E-state index in [1.54, 1.807) is 29.2 Å². The summed E-state index contributed by atoms with van der Waals surface area (Å²) in [5.74, 6) is 0.194. The first-order valence-corrected chi connectivity index (χ1v) is 10.6. The molecule has 0 aliphatic carbocycles. The summed E-state index contributed by atoms with van der Waals surface area (Å²) in [5.41, 5.74) is 3.04. The van der Waals surface area contributed by atoms with Crippen LogP contribution >= 0.6 is 11.6 Å². The molecule has 1 aliphatic rings. The van der Waals surface area contributed by atoms with Crippen LogP contribution in [0.25, 0.3) is 10.9 Å². The molecular formula is C24H24ClN3O2. The smallest absolute Gasteiger partial charge is 0.254 e. The van der Waals surface area contributed by atoms with E-state index >= 15 is 0 Å². The fourth-order valence-electron chi connectivity index (χ4n) is 3.73. The maximum absolute atomic E-state index is 13.4. The Balaban J connectivity index is 1.52. The van der Waals surface area contributed by atoms with Crippen molar-refractivity contribution < 1.29 is 9.59 Å². The van der Waals surface area contributed by atoms with Crippen LogP contribution in [0.5, 0.6) is 0 Å². The number of fused-ring (bicyclic) bond motifs is 1. The Labute approximate surface area is 181 Å². The number of hydrogen-bond donors (Lipinski definition) is 0. The van der Waals surface area contributed by atoms with E-state index in [0.717, 1.165) is 16.6 Å². The van der Waals surface area contributed by atoms with Crippen LogP contribution in [0.3, 0.4) is 0 Å². The molecule has 0 N–H and O–H groups in total. The molecule has 2 aromatic carbocycles. The van der Waals surface area contributed by atoms with Crippen LogP contribution < -0.4 is 0 Å². The minimum Gasteiger partial charge on any atom is -0.335 e. The van der Waals surface area contributed by atoms with Crippen molar-refractivity contribution >= 4 is 34.3 Å². The van der Waals surface area contributed by atoms with Crippen LogP contribution in [0.1, 0.15) is 46.2 Å². The van der Waals surface area contributed by atoms with Crippen LogP contribution in [-0.4, -0.2) is 52.8 Å². The van der Waals surface area contributed by atoms with Crippen LogP contribution in [0.15, 0.2) is 54.6 Å². The number of carbonyl (C=O) groups excluding carboxylic acids is 2. The zero-order valence-electron chi connectivity index (χ0n) is 17.1. The number of hydrogen-bond acceptors (Lipinski definition) is 3. The van der Waals surface area contributed by atoms with Crippen molar-refractivity contribution in [1.29, 1.82) is 0 Å². The second-order valence-corrected chi connectivity index (χ2v) is 8.29. The Morgan fingerprint density at radius 1 is 0.900 bits per heavy atom. The first-order valence-electron chi connectivity index (χ1n) is 10.2. The van der Waals surface area contributed by atoms with Gasteiger partial charge in [-0.1, -0.05) is 43.6 Å². The van der Waals surface area contributed by atoms with E-state index in [1.807, 2.05) is 35.2 Å². The van der Waals surface area contributed by atoms with Crippen LogP contribution in [0.4, 0.5) is 0 Å². The molecule has 0 atom stereocenters. The molecule has 4 rings (SSSR count). The molecule has 5 nitrogen and oxygen atoms in total. The molecule has 30 heavy (non-hydrogen) atoms. The van der Waals surface area contributed by atoms with Crippen LogP contribution in [0.2, 0.25) is 5.02 Å². The Kier molecular flexibility index (Phi) is 5.73. The molecule has 1 fully saturated rings. The molecule has 0 spiro atoms. The summed E-state index contributed by atoms with van der Waals surface area (Å²) in [5, 5.41) is 1.47. The lowest BCUT2D eigenvalue weighted by Gasteiger charge is -2.35. The van der Waals surface area contributed by atoms with Gasteiger partial charge < -0.3 is 9.80 Å². The lowest BCUT2D eigenvalue weighted by molar-refractivity contribution is 0.0536. The summed E-state index contributed by atoms with van der Waals surface area (Å²) in [4.78, 5) is 34.4. The van der Waals surface area contributed by atoms with Crippen LogP contribution in [-0.2, 0) is 0 Å². The van der Waals surface area contributed by atoms with Crippen molar-refractivity contribution in [3.8, 4) is 0 Å². The molecule has 154 valence electrons. The average molecular weight is 422 g/mol. The van der Waals surface area contributed by atoms with Gasteiger partial charge >= 0.3 is 0 Å². The predicted octanol–water partition coefficient (Wildman–Crippen LogP) is 4.61. The molecule has 0 unspecified atom stereocenters. The number of aromatic nitrogens is 1. The molecule has 6 heteroatoms. The summed E-state index contributed by atoms with van der Waals surface area (Å²) in [6.45, 7) is 6.18. The number of halogens is 1. The normalized spacial score (nSPS) is 14.4. The molecule has 2 amide bonds. The number of benzene rings is 2. The van der Waals surface area contributed by atoms with Gasteiger partial charge in [0, 0.05) is 47.8 Å². The Morgan fingerprint density at radius 2 is 1.50 bits per heavy atom. The number of amides is 2. The number of rotatable bonds is 3. The molecule has 0 saturated carbocycles. The van der Waals surface area contributed by atoms with Gasteiger partial charge in [0.2, 0.25) is 0 Å². The number of carbonyl (C=O) groups is 2. The summed E-state index contributed by atoms with van der Waals surface area (Å²) >= 11 is 5.91. The van der Waals surface area contributed by atoms with E-state index in [2.05, 4.69) is 13.8 Å². The second kappa shape index (κ2) is 8.44. The molecule has 0 radical (unpaired) electrons. The predicted molar refractivity (Wildman–Crippen MR) is 119 cm³/mol. The van der Waals surface area contributed by atoms with Gasteiger partial charge in [-0.2, -0.15) is 0 Å². The van der Waals surface area contributed by atoms with Gasteiger partial charge in [-0.05, 0) is 42.3 Å². The fraction of sp³-hybridized carbons (Fsp3) is 0.292. The van der Waals surface area contributed by atoms with Gasteiger partial charge in [0.15, 0.2) is 0 Å². The SMILES string of the molecule is CC(C)c1cc(C(=O)N2CCN(C(=O)c3ccc(Cl)cc3)CC2)c2ccccc2n1. The van der Waals surface area contributed by atoms with Crippen molar-refractivity contribution in [2.45, 2.75) is 19.8 Å². The summed E-state index contributed by atoms with van der Waals surface area (Å²) in [6.07, 6.45) is 0. The van der Waals surface area contributed by atoms with Gasteiger partial charge in [-0.3, -0.25) is 14.6 Å². The van der Waals surface area contributed by atoms with Crippen molar-refractivity contribution in [3.05, 3.63) is 76.4 Å². The maximum atomic E-state index is 13.4. The highest BCUT2D eigenvalue weighted by Crippen LogP contribution is 2.24. The van der Waals surface area contributed by atoms with E-state index in [1.165, 1.54) is 0 Å². The lowest BCUT2D eigenvalue weighted by Crippen LogP contribution is -2.50. The van der Waals surface area contributed by atoms with Crippen LogP contribution in [0, 0.1) is 0 Å². The molecule has 0 bridgehead atoms. The quantitative estimate of drug-likeness (QED) is 0.620. The van der Waals surface area contributed by atoms with Crippen molar-refractivity contribution in [3.63, 3.8) is 0 Å². The number of nitrogens with zero attached hydrogens (tertiary/aromatic N) is 3. The molecule has 1 aromatic heterocycles. The van der Waals surface area contributed by atoms with E-state index in [9.17, 15) is 9.59 Å². The lowest BCUT2D eigenvalue weighted by atomic mass is 10.0. The maximum Gasteiger partial charge on any atom is 0.254 e. The Hall–Kier alpha value is -2.92. The number of para-hydroxylation sites is 1. The van der Waals surface area contributed by atoms with Crippen molar-refractivity contribution in [2.75, 3.05) is 26.2 Å². The third kappa shape index (κ3) is 4.03. The largest absolute Gasteiger partial charge is 0.335 e. The van der Waals surface area contributed by atoms with Crippen molar-refractivity contribution in [1.82, 2.24) is 14.8 Å². The zero-order chi connectivity index (χ0) is 21.3. The van der Waals surface area contributed by atoms with E-state index in [0.29, 0.717) is 42.3 Å². The summed E-state index contributed by atoms with van der Waals surface area (Å²) in [7, 11) is 0. The topological polar surface area (TPSA) is 53.5 Å². The number of piperazine rings is 1. The molecular weight excluding hydrogens is 398 g/mol. The average Bonchev–Trinajstić information content (AvgIpc) is 2.78. The van der Waals surface area contributed by atoms with Gasteiger partial charge in [0.25, 0.3) is 11.8 Å². The van der Waals surface area contributed by atoms with Gasteiger partial charge in [-0.25, -0.2) is 0 Å². The van der Waals surface area contributed by atoms with Gasteiger partial charge in [0.05, 0.1) is 11.1 Å². The van der Waals surface area contributed by atoms with E-state index in [-0.39, 0.29) is 17.7 Å². The van der Waals surface area contributed by atoms with Gasteiger partial charge in [-0.15, -0.1) is 0 Å². The molecule has 1 aliphatic heterocycles. The standard InChI is InChI=1S/C24H24ClN3O2/c1-16(2)22-15-20(19-5-3-4-6-21(19)26-22)24(30)28-13-11-27(12-14-28)23(29)17-7-9-18(25)10-8-17/h3-10,15-16H,11-14H2,1-2H3. The second-order valence-electron chi connectivity index (χ2n) is 7.86. The fourth-order valence-corrected chi connectivity index (χ4v) is 3.85. The Bertz CT molecular complexity index is 1090. The van der Waals surface area contributed by atoms with E-state index in [4.69, 9.17) is 16.6 Å². The third-order valence-corrected chi connectivity index (χ3v) is 5.76. The van der Waals surface area contributed by atoms with Crippen molar-refractivity contribution in [2.24, 2.45) is 0 Å². The Morgan fingerprint density at radius 3 is 2.13 bits per heavy atom. The summed E-state index contributed by atoms with van der Waals surface area (Å²) in [6, 6.07) is 16.6. The molecule has 2 heterocycles. The minimum atomic E-state index is -0.0322. The highest BCUT2D eigenvalue weighted by Gasteiger charge is 2.27. The monoisotopic (exact) mass is 421 g/mol. The third-order valence-electron chi connectivity index (χ3n) is 5.50. The molecule has 1 saturated heterocycles. The first kappa shape index (κ1) is 20.4. The minimum absolute atomic E-state index is 0.00547. The first-order chi connectivity index (χ1) is 14.4. The summed E-state index contributed by atoms with van der Waals surface area (Å²) < 4.78 is 0. The van der Waals surface area contributed by atoms with E-state index < -0.39 is 0 Å².